The van der Waals surface area contributed by atoms with Crippen molar-refractivity contribution in [1.29, 1.82) is 0 Å². The van der Waals surface area contributed by atoms with Gasteiger partial charge >= 0.3 is 0 Å². The van der Waals surface area contributed by atoms with Gasteiger partial charge in [-0.25, -0.2) is 0 Å². The van der Waals surface area contributed by atoms with Crippen molar-refractivity contribution in [3.63, 3.8) is 0 Å². The molecule has 3 aromatic rings. The van der Waals surface area contributed by atoms with Crippen LogP contribution in [0.5, 0.6) is 0 Å². The van der Waals surface area contributed by atoms with E-state index < -0.39 is 0 Å². The molecule has 0 unspecified atom stereocenters. The molecule has 21 heavy (non-hydrogen) atoms. The van der Waals surface area contributed by atoms with Crippen LogP contribution in [0.4, 0.5) is 0 Å². The molecule has 0 bridgehead atoms. The SMILES string of the molecule is NCc1cccc(-c2n[nH]nc2-c2ccc(CO)cc2)c1. The Hall–Kier alpha value is -2.50. The summed E-state index contributed by atoms with van der Waals surface area (Å²) in [7, 11) is 0. The number of nitrogens with two attached hydrogens (primary N) is 1. The van der Waals surface area contributed by atoms with E-state index in [-0.39, 0.29) is 6.61 Å². The van der Waals surface area contributed by atoms with E-state index in [2.05, 4.69) is 15.4 Å². The highest BCUT2D eigenvalue weighted by atomic mass is 16.3. The number of aromatic nitrogens is 3. The van der Waals surface area contributed by atoms with Gasteiger partial charge in [-0.3, -0.25) is 0 Å². The van der Waals surface area contributed by atoms with Gasteiger partial charge in [-0.2, -0.15) is 15.4 Å². The normalized spacial score (nSPS) is 10.8. The first-order valence-electron chi connectivity index (χ1n) is 6.72. The zero-order chi connectivity index (χ0) is 14.7. The molecule has 0 atom stereocenters. The van der Waals surface area contributed by atoms with Crippen LogP contribution in [0.15, 0.2) is 48.5 Å². The summed E-state index contributed by atoms with van der Waals surface area (Å²) in [5, 5.41) is 20.3. The quantitative estimate of drug-likeness (QED) is 0.683. The highest BCUT2D eigenvalue weighted by Crippen LogP contribution is 2.28. The maximum atomic E-state index is 9.10. The Morgan fingerprint density at radius 3 is 2.29 bits per heavy atom. The van der Waals surface area contributed by atoms with E-state index in [1.54, 1.807) is 0 Å². The van der Waals surface area contributed by atoms with Crippen molar-refractivity contribution < 1.29 is 5.11 Å². The Labute approximate surface area is 122 Å². The molecule has 5 heteroatoms. The number of benzene rings is 2. The molecule has 0 fully saturated rings. The largest absolute Gasteiger partial charge is 0.392 e. The van der Waals surface area contributed by atoms with Gasteiger partial charge in [0.25, 0.3) is 0 Å². The number of rotatable bonds is 4. The van der Waals surface area contributed by atoms with Gasteiger partial charge in [0, 0.05) is 17.7 Å². The van der Waals surface area contributed by atoms with Crippen LogP contribution in [-0.2, 0) is 13.2 Å². The van der Waals surface area contributed by atoms with Crippen molar-refractivity contribution in [2.75, 3.05) is 0 Å². The van der Waals surface area contributed by atoms with Crippen molar-refractivity contribution >= 4 is 0 Å². The first-order chi connectivity index (χ1) is 10.3. The summed E-state index contributed by atoms with van der Waals surface area (Å²) in [5.74, 6) is 0. The van der Waals surface area contributed by atoms with E-state index in [1.165, 1.54) is 0 Å². The first kappa shape index (κ1) is 13.5. The molecule has 0 radical (unpaired) electrons. The minimum absolute atomic E-state index is 0.0322. The van der Waals surface area contributed by atoms with Crippen LogP contribution in [0.3, 0.4) is 0 Å². The fourth-order valence-corrected chi connectivity index (χ4v) is 2.25. The number of hydrogen-bond acceptors (Lipinski definition) is 4. The fraction of sp³-hybridized carbons (Fsp3) is 0.125. The van der Waals surface area contributed by atoms with E-state index in [1.807, 2.05) is 48.5 Å². The van der Waals surface area contributed by atoms with Gasteiger partial charge in [-0.05, 0) is 17.2 Å². The molecule has 4 N–H and O–H groups in total. The summed E-state index contributed by atoms with van der Waals surface area (Å²) in [6.45, 7) is 0.525. The maximum Gasteiger partial charge on any atom is 0.120 e. The summed E-state index contributed by atoms with van der Waals surface area (Å²) in [4.78, 5) is 0. The molecular formula is C16H16N4O. The van der Waals surface area contributed by atoms with Gasteiger partial charge in [-0.15, -0.1) is 0 Å². The molecule has 0 aliphatic carbocycles. The Bertz CT molecular complexity index is 734. The highest BCUT2D eigenvalue weighted by Gasteiger charge is 2.12. The van der Waals surface area contributed by atoms with Gasteiger partial charge in [-0.1, -0.05) is 42.5 Å². The predicted molar refractivity (Wildman–Crippen MR) is 81.1 cm³/mol. The molecule has 106 valence electrons. The molecule has 0 spiro atoms. The molecule has 2 aromatic carbocycles. The number of aliphatic hydroxyl groups excluding tert-OH is 1. The number of hydrogen-bond donors (Lipinski definition) is 3. The summed E-state index contributed by atoms with van der Waals surface area (Å²) in [6.07, 6.45) is 0. The molecule has 3 rings (SSSR count). The van der Waals surface area contributed by atoms with Crippen LogP contribution in [-0.4, -0.2) is 20.5 Å². The molecule has 0 amide bonds. The predicted octanol–water partition coefficient (Wildman–Crippen LogP) is 2.09. The second-order valence-electron chi connectivity index (χ2n) is 4.78. The standard InChI is InChI=1S/C16H16N4O/c17-9-12-2-1-3-14(8-12)16-15(18-20-19-16)13-6-4-11(10-21)5-7-13/h1-8,21H,9-10,17H2,(H,18,19,20). The van der Waals surface area contributed by atoms with E-state index in [0.717, 1.165) is 33.6 Å². The third-order valence-corrected chi connectivity index (χ3v) is 3.39. The van der Waals surface area contributed by atoms with E-state index >= 15 is 0 Å². The van der Waals surface area contributed by atoms with Crippen molar-refractivity contribution in [3.05, 3.63) is 59.7 Å². The van der Waals surface area contributed by atoms with E-state index in [0.29, 0.717) is 6.54 Å². The van der Waals surface area contributed by atoms with Crippen LogP contribution < -0.4 is 5.73 Å². The van der Waals surface area contributed by atoms with Crippen LogP contribution in [0, 0.1) is 0 Å². The van der Waals surface area contributed by atoms with Crippen molar-refractivity contribution in [2.45, 2.75) is 13.2 Å². The number of aliphatic hydroxyl groups is 1. The van der Waals surface area contributed by atoms with Crippen LogP contribution >= 0.6 is 0 Å². The minimum atomic E-state index is 0.0322. The molecule has 5 nitrogen and oxygen atoms in total. The molecule has 0 saturated heterocycles. The van der Waals surface area contributed by atoms with E-state index in [4.69, 9.17) is 10.8 Å². The van der Waals surface area contributed by atoms with Crippen LogP contribution in [0.1, 0.15) is 11.1 Å². The third kappa shape index (κ3) is 2.69. The lowest BCUT2D eigenvalue weighted by molar-refractivity contribution is 0.282. The lowest BCUT2D eigenvalue weighted by atomic mass is 10.0. The Morgan fingerprint density at radius 2 is 1.62 bits per heavy atom. The fourth-order valence-electron chi connectivity index (χ4n) is 2.25. The second-order valence-corrected chi connectivity index (χ2v) is 4.78. The summed E-state index contributed by atoms with van der Waals surface area (Å²) >= 11 is 0. The molecule has 0 aliphatic heterocycles. The van der Waals surface area contributed by atoms with Crippen LogP contribution in [0.25, 0.3) is 22.5 Å². The van der Waals surface area contributed by atoms with Crippen molar-refractivity contribution in [2.24, 2.45) is 5.73 Å². The lowest BCUT2D eigenvalue weighted by Gasteiger charge is -2.04. The molecule has 1 heterocycles. The minimum Gasteiger partial charge on any atom is -0.392 e. The Kier molecular flexibility index (Phi) is 3.77. The van der Waals surface area contributed by atoms with Gasteiger partial charge in [0.2, 0.25) is 0 Å². The molecule has 0 aliphatic rings. The highest BCUT2D eigenvalue weighted by molar-refractivity contribution is 5.77. The van der Waals surface area contributed by atoms with Crippen molar-refractivity contribution in [1.82, 2.24) is 15.4 Å². The number of nitrogens with zero attached hydrogens (tertiary/aromatic N) is 2. The lowest BCUT2D eigenvalue weighted by Crippen LogP contribution is -1.96. The van der Waals surface area contributed by atoms with Gasteiger partial charge in [0.05, 0.1) is 6.61 Å². The van der Waals surface area contributed by atoms with E-state index in [9.17, 15) is 0 Å². The average Bonchev–Trinajstić information content (AvgIpc) is 3.04. The summed E-state index contributed by atoms with van der Waals surface area (Å²) < 4.78 is 0. The summed E-state index contributed by atoms with van der Waals surface area (Å²) in [5.41, 5.74) is 11.1. The monoisotopic (exact) mass is 280 g/mol. The Balaban J connectivity index is 2.03. The molecule has 0 saturated carbocycles. The smallest absolute Gasteiger partial charge is 0.120 e. The van der Waals surface area contributed by atoms with Gasteiger partial charge in [0.15, 0.2) is 0 Å². The van der Waals surface area contributed by atoms with Gasteiger partial charge in [0.1, 0.15) is 11.4 Å². The summed E-state index contributed by atoms with van der Waals surface area (Å²) in [6, 6.07) is 15.6. The Morgan fingerprint density at radius 1 is 0.905 bits per heavy atom. The zero-order valence-corrected chi connectivity index (χ0v) is 11.5. The van der Waals surface area contributed by atoms with Gasteiger partial charge < -0.3 is 10.8 Å². The second kappa shape index (κ2) is 5.87. The number of nitrogens with one attached hydrogen (secondary N) is 1. The molecular weight excluding hydrogens is 264 g/mol. The number of aromatic amines is 1. The third-order valence-electron chi connectivity index (χ3n) is 3.39. The average molecular weight is 280 g/mol. The topological polar surface area (TPSA) is 87.8 Å². The van der Waals surface area contributed by atoms with Crippen molar-refractivity contribution in [3.8, 4) is 22.5 Å². The molecule has 1 aromatic heterocycles. The zero-order valence-electron chi connectivity index (χ0n) is 11.5. The maximum absolute atomic E-state index is 9.10. The first-order valence-corrected chi connectivity index (χ1v) is 6.72. The van der Waals surface area contributed by atoms with Crippen LogP contribution in [0.2, 0.25) is 0 Å². The number of H-pyrrole nitrogens is 1.